The lowest BCUT2D eigenvalue weighted by Crippen LogP contribution is -2.32. The second-order valence-corrected chi connectivity index (χ2v) is 4.17. The van der Waals surface area contributed by atoms with E-state index in [0.29, 0.717) is 0 Å². The van der Waals surface area contributed by atoms with Gasteiger partial charge in [-0.1, -0.05) is 0 Å². The molecule has 0 aliphatic carbocycles. The molecule has 2 saturated heterocycles. The number of nitrogens with zero attached hydrogens (tertiary/aromatic N) is 2. The van der Waals surface area contributed by atoms with Crippen molar-refractivity contribution in [2.75, 3.05) is 26.2 Å². The Morgan fingerprint density at radius 2 is 1.05 bits per heavy atom. The summed E-state index contributed by atoms with van der Waals surface area (Å²) in [5, 5.41) is 6.89. The first-order chi connectivity index (χ1) is 9.02. The third kappa shape index (κ3) is 7.85. The van der Waals surface area contributed by atoms with Gasteiger partial charge in [-0.25, -0.2) is 9.59 Å². The molecule has 2 aliphatic rings. The van der Waals surface area contributed by atoms with E-state index in [0.717, 1.165) is 51.9 Å². The van der Waals surface area contributed by atoms with E-state index in [-0.39, 0.29) is 18.5 Å². The number of hydrogen-bond acceptors (Lipinski definition) is 3. The monoisotopic (exact) mass is 274 g/mol. The molecule has 0 aromatic heterocycles. The molecule has 8 nitrogen and oxygen atoms in total. The van der Waals surface area contributed by atoms with Gasteiger partial charge in [-0.3, -0.25) is 4.79 Å². The van der Waals surface area contributed by atoms with Gasteiger partial charge in [0.05, 0.1) is 0 Å². The van der Waals surface area contributed by atoms with Gasteiger partial charge in [-0.05, 0) is 25.7 Å². The van der Waals surface area contributed by atoms with Crippen molar-refractivity contribution in [3.63, 3.8) is 0 Å². The van der Waals surface area contributed by atoms with Crippen LogP contribution in [0.5, 0.6) is 0 Å². The molecular formula is C11H22N4O4. The fraction of sp³-hybridized carbons (Fsp3) is 0.727. The first-order valence-electron chi connectivity index (χ1n) is 6.19. The number of urea groups is 2. The normalized spacial score (nSPS) is 16.8. The number of amides is 4. The van der Waals surface area contributed by atoms with Crippen LogP contribution >= 0.6 is 0 Å². The Bertz CT molecular complexity index is 260. The summed E-state index contributed by atoms with van der Waals surface area (Å²) in [6.45, 7) is 3.18. The second-order valence-electron chi connectivity index (χ2n) is 4.17. The quantitative estimate of drug-likeness (QED) is 0.537. The molecule has 0 aromatic carbocycles. The zero-order chi connectivity index (χ0) is 14.7. The molecule has 4 amide bonds. The maximum Gasteiger partial charge on any atom is 0.314 e. The van der Waals surface area contributed by atoms with Gasteiger partial charge in [0.1, 0.15) is 0 Å². The van der Waals surface area contributed by atoms with Crippen molar-refractivity contribution in [2.45, 2.75) is 25.7 Å². The number of primary amides is 2. The molecular weight excluding hydrogens is 252 g/mol. The van der Waals surface area contributed by atoms with Gasteiger partial charge >= 0.3 is 12.1 Å². The highest BCUT2D eigenvalue weighted by molar-refractivity contribution is 5.72. The Morgan fingerprint density at radius 3 is 1.16 bits per heavy atom. The third-order valence-electron chi connectivity index (χ3n) is 2.84. The molecule has 0 aromatic rings. The van der Waals surface area contributed by atoms with E-state index in [1.54, 1.807) is 9.80 Å². The highest BCUT2D eigenvalue weighted by Gasteiger charge is 2.14. The van der Waals surface area contributed by atoms with Crippen molar-refractivity contribution in [3.8, 4) is 0 Å². The number of carbonyl (C=O) groups excluding carboxylic acids is 2. The van der Waals surface area contributed by atoms with Crippen LogP contribution in [0.15, 0.2) is 0 Å². The minimum absolute atomic E-state index is 0.250. The highest BCUT2D eigenvalue weighted by atomic mass is 16.3. The Labute approximate surface area is 112 Å². The van der Waals surface area contributed by atoms with E-state index in [2.05, 4.69) is 0 Å². The predicted molar refractivity (Wildman–Crippen MR) is 69.5 cm³/mol. The lowest BCUT2D eigenvalue weighted by atomic mass is 10.4. The average molecular weight is 274 g/mol. The molecule has 2 heterocycles. The van der Waals surface area contributed by atoms with Crippen molar-refractivity contribution < 1.29 is 19.5 Å². The van der Waals surface area contributed by atoms with E-state index < -0.39 is 0 Å². The third-order valence-corrected chi connectivity index (χ3v) is 2.84. The van der Waals surface area contributed by atoms with Crippen LogP contribution in [0.4, 0.5) is 9.59 Å². The number of likely N-dealkylation sites (tertiary alicyclic amines) is 2. The molecule has 5 N–H and O–H groups in total. The topological polar surface area (TPSA) is 130 Å². The van der Waals surface area contributed by atoms with Crippen LogP contribution < -0.4 is 11.5 Å². The van der Waals surface area contributed by atoms with Gasteiger partial charge in [0, 0.05) is 26.2 Å². The fourth-order valence-electron chi connectivity index (χ4n) is 1.88. The van der Waals surface area contributed by atoms with Crippen molar-refractivity contribution in [3.05, 3.63) is 0 Å². The number of hydrogen-bond donors (Lipinski definition) is 3. The van der Waals surface area contributed by atoms with Crippen molar-refractivity contribution in [1.82, 2.24) is 9.80 Å². The molecule has 110 valence electrons. The molecule has 19 heavy (non-hydrogen) atoms. The molecule has 8 heteroatoms. The van der Waals surface area contributed by atoms with Crippen LogP contribution in [0.25, 0.3) is 0 Å². The largest absolute Gasteiger partial charge is 0.483 e. The first-order valence-corrected chi connectivity index (χ1v) is 6.19. The van der Waals surface area contributed by atoms with Gasteiger partial charge in [0.15, 0.2) is 0 Å². The van der Waals surface area contributed by atoms with Crippen LogP contribution in [-0.2, 0) is 4.79 Å². The molecule has 2 aliphatic heterocycles. The summed E-state index contributed by atoms with van der Waals surface area (Å²) >= 11 is 0. The number of rotatable bonds is 0. The van der Waals surface area contributed by atoms with Crippen LogP contribution in [0.3, 0.4) is 0 Å². The highest BCUT2D eigenvalue weighted by Crippen LogP contribution is 2.05. The Kier molecular flexibility index (Phi) is 8.94. The van der Waals surface area contributed by atoms with Gasteiger partial charge in [0.25, 0.3) is 6.47 Å². The Balaban J connectivity index is 0.000000284. The van der Waals surface area contributed by atoms with Crippen molar-refractivity contribution in [1.29, 1.82) is 0 Å². The lowest BCUT2D eigenvalue weighted by molar-refractivity contribution is -0.122. The SMILES string of the molecule is NC(=O)N1CCCC1.NC(=O)N1CCCC1.O=CO. The van der Waals surface area contributed by atoms with Crippen molar-refractivity contribution in [2.24, 2.45) is 11.5 Å². The maximum absolute atomic E-state index is 10.3. The van der Waals surface area contributed by atoms with E-state index in [9.17, 15) is 9.59 Å². The molecule has 2 rings (SSSR count). The molecule has 0 spiro atoms. The first kappa shape index (κ1) is 17.0. The summed E-state index contributed by atoms with van der Waals surface area (Å²) in [5.41, 5.74) is 9.97. The number of carbonyl (C=O) groups is 3. The Hall–Kier alpha value is -1.99. The molecule has 0 radical (unpaired) electrons. The average Bonchev–Trinajstić information content (AvgIpc) is 3.05. The van der Waals surface area contributed by atoms with E-state index >= 15 is 0 Å². The van der Waals surface area contributed by atoms with Gasteiger partial charge < -0.3 is 26.4 Å². The second kappa shape index (κ2) is 9.98. The predicted octanol–water partition coefficient (Wildman–Crippen LogP) is 0.0226. The Morgan fingerprint density at radius 1 is 0.842 bits per heavy atom. The van der Waals surface area contributed by atoms with Crippen LogP contribution in [0, 0.1) is 0 Å². The standard InChI is InChI=1S/2C5H10N2O.CH2O2/c2*6-5(8)7-3-1-2-4-7;2-1-3/h2*1-4H2,(H2,6,8);1H,(H,2,3). The van der Waals surface area contributed by atoms with E-state index in [4.69, 9.17) is 21.4 Å². The lowest BCUT2D eigenvalue weighted by Gasteiger charge is -2.09. The summed E-state index contributed by atoms with van der Waals surface area (Å²) in [6, 6.07) is -0.551. The molecule has 2 fully saturated rings. The van der Waals surface area contributed by atoms with Crippen LogP contribution in [-0.4, -0.2) is 59.6 Å². The number of nitrogens with two attached hydrogens (primary N) is 2. The minimum atomic E-state index is -0.275. The molecule has 0 bridgehead atoms. The van der Waals surface area contributed by atoms with Crippen LogP contribution in [0.2, 0.25) is 0 Å². The van der Waals surface area contributed by atoms with Crippen molar-refractivity contribution >= 4 is 18.5 Å². The number of carboxylic acid groups (broad SMARTS) is 1. The van der Waals surface area contributed by atoms with Gasteiger partial charge in [0.2, 0.25) is 0 Å². The summed E-state index contributed by atoms with van der Waals surface area (Å²) in [6.07, 6.45) is 4.46. The smallest absolute Gasteiger partial charge is 0.314 e. The summed E-state index contributed by atoms with van der Waals surface area (Å²) in [7, 11) is 0. The maximum atomic E-state index is 10.3. The summed E-state index contributed by atoms with van der Waals surface area (Å²) in [4.78, 5) is 32.4. The van der Waals surface area contributed by atoms with E-state index in [1.165, 1.54) is 0 Å². The van der Waals surface area contributed by atoms with E-state index in [1.807, 2.05) is 0 Å². The minimum Gasteiger partial charge on any atom is -0.483 e. The van der Waals surface area contributed by atoms with Gasteiger partial charge in [-0.15, -0.1) is 0 Å². The summed E-state index contributed by atoms with van der Waals surface area (Å²) < 4.78 is 0. The fourth-order valence-corrected chi connectivity index (χ4v) is 1.88. The summed E-state index contributed by atoms with van der Waals surface area (Å²) in [5.74, 6) is 0. The molecule has 0 saturated carbocycles. The molecule has 0 unspecified atom stereocenters. The zero-order valence-electron chi connectivity index (χ0n) is 11.0. The van der Waals surface area contributed by atoms with Crippen LogP contribution in [0.1, 0.15) is 25.7 Å². The van der Waals surface area contributed by atoms with Gasteiger partial charge in [-0.2, -0.15) is 0 Å². The zero-order valence-corrected chi connectivity index (χ0v) is 11.0. The molecule has 0 atom stereocenters.